The van der Waals surface area contributed by atoms with Crippen LogP contribution in [0.4, 0.5) is 0 Å². The standard InChI is InChI=1S/C19H20ClNO4/c1-13-6-5-7-14(2)19(13)25-12-18(23)24-11-17(22)21-10-15-8-3-4-9-16(15)20/h3-9H,10-12H2,1-2H3,(H,21,22). The highest BCUT2D eigenvalue weighted by molar-refractivity contribution is 6.31. The van der Waals surface area contributed by atoms with E-state index in [0.717, 1.165) is 16.7 Å². The number of halogens is 1. The molecule has 25 heavy (non-hydrogen) atoms. The molecule has 0 radical (unpaired) electrons. The quantitative estimate of drug-likeness (QED) is 0.769. The Labute approximate surface area is 151 Å². The van der Waals surface area contributed by atoms with Crippen LogP contribution in [-0.4, -0.2) is 25.1 Å². The van der Waals surface area contributed by atoms with Gasteiger partial charge in [-0.2, -0.15) is 0 Å². The number of esters is 1. The van der Waals surface area contributed by atoms with Crippen molar-refractivity contribution in [2.75, 3.05) is 13.2 Å². The van der Waals surface area contributed by atoms with Gasteiger partial charge in [-0.3, -0.25) is 4.79 Å². The topological polar surface area (TPSA) is 64.6 Å². The van der Waals surface area contributed by atoms with Gasteiger partial charge in [-0.1, -0.05) is 48.0 Å². The molecule has 0 spiro atoms. The van der Waals surface area contributed by atoms with Gasteiger partial charge >= 0.3 is 5.97 Å². The van der Waals surface area contributed by atoms with Gasteiger partial charge < -0.3 is 14.8 Å². The molecular formula is C19H20ClNO4. The Kier molecular flexibility index (Phi) is 6.83. The number of nitrogens with one attached hydrogen (secondary N) is 1. The molecule has 0 saturated carbocycles. The minimum Gasteiger partial charge on any atom is -0.481 e. The second-order valence-electron chi connectivity index (χ2n) is 5.54. The van der Waals surface area contributed by atoms with Crippen LogP contribution in [0.2, 0.25) is 5.02 Å². The Hall–Kier alpha value is -2.53. The molecule has 2 rings (SSSR count). The summed E-state index contributed by atoms with van der Waals surface area (Å²) in [5.74, 6) is -0.349. The summed E-state index contributed by atoms with van der Waals surface area (Å²) < 4.78 is 10.4. The molecule has 2 aromatic carbocycles. The maximum Gasteiger partial charge on any atom is 0.344 e. The molecule has 0 aliphatic heterocycles. The number of benzene rings is 2. The van der Waals surface area contributed by atoms with Crippen LogP contribution in [0.25, 0.3) is 0 Å². The second kappa shape index (κ2) is 9.08. The van der Waals surface area contributed by atoms with Crippen molar-refractivity contribution in [3.05, 3.63) is 64.2 Å². The molecule has 0 bridgehead atoms. The average Bonchev–Trinajstić information content (AvgIpc) is 2.59. The fourth-order valence-electron chi connectivity index (χ4n) is 2.23. The van der Waals surface area contributed by atoms with Gasteiger partial charge in [0.15, 0.2) is 13.2 Å². The van der Waals surface area contributed by atoms with Crippen molar-refractivity contribution in [3.63, 3.8) is 0 Å². The van der Waals surface area contributed by atoms with E-state index in [9.17, 15) is 9.59 Å². The van der Waals surface area contributed by atoms with Crippen LogP contribution in [0.1, 0.15) is 16.7 Å². The summed E-state index contributed by atoms with van der Waals surface area (Å²) in [4.78, 5) is 23.5. The zero-order chi connectivity index (χ0) is 18.2. The summed E-state index contributed by atoms with van der Waals surface area (Å²) in [7, 11) is 0. The number of ether oxygens (including phenoxy) is 2. The minimum atomic E-state index is -0.601. The molecular weight excluding hydrogens is 342 g/mol. The third-order valence-corrected chi connectivity index (χ3v) is 3.91. The van der Waals surface area contributed by atoms with Crippen LogP contribution in [0, 0.1) is 13.8 Å². The normalized spacial score (nSPS) is 10.2. The molecule has 1 amide bonds. The van der Waals surface area contributed by atoms with Gasteiger partial charge in [0.05, 0.1) is 0 Å². The zero-order valence-electron chi connectivity index (χ0n) is 14.2. The Bertz CT molecular complexity index is 741. The van der Waals surface area contributed by atoms with E-state index >= 15 is 0 Å². The van der Waals surface area contributed by atoms with Crippen molar-refractivity contribution in [2.45, 2.75) is 20.4 Å². The van der Waals surface area contributed by atoms with E-state index in [-0.39, 0.29) is 19.8 Å². The van der Waals surface area contributed by atoms with Crippen molar-refractivity contribution in [1.29, 1.82) is 0 Å². The van der Waals surface area contributed by atoms with E-state index < -0.39 is 11.9 Å². The molecule has 0 aromatic heterocycles. The summed E-state index contributed by atoms with van der Waals surface area (Å²) in [5.41, 5.74) is 2.66. The van der Waals surface area contributed by atoms with E-state index in [4.69, 9.17) is 21.1 Å². The third kappa shape index (κ3) is 5.80. The van der Waals surface area contributed by atoms with Crippen molar-refractivity contribution < 1.29 is 19.1 Å². The maximum absolute atomic E-state index is 11.7. The molecule has 0 aliphatic rings. The number of hydrogen-bond donors (Lipinski definition) is 1. The molecule has 0 atom stereocenters. The third-order valence-electron chi connectivity index (χ3n) is 3.54. The fourth-order valence-corrected chi connectivity index (χ4v) is 2.43. The molecule has 0 saturated heterocycles. The van der Waals surface area contributed by atoms with Crippen molar-refractivity contribution in [1.82, 2.24) is 5.32 Å². The van der Waals surface area contributed by atoms with Crippen molar-refractivity contribution in [2.24, 2.45) is 0 Å². The highest BCUT2D eigenvalue weighted by Crippen LogP contribution is 2.22. The first kappa shape index (κ1) is 18.8. The van der Waals surface area contributed by atoms with Gasteiger partial charge in [0.1, 0.15) is 5.75 Å². The molecule has 0 fully saturated rings. The molecule has 0 unspecified atom stereocenters. The minimum absolute atomic E-state index is 0.247. The van der Waals surface area contributed by atoms with Crippen LogP contribution >= 0.6 is 11.6 Å². The Morgan fingerprint density at radius 2 is 1.68 bits per heavy atom. The lowest BCUT2D eigenvalue weighted by molar-refractivity contribution is -0.150. The smallest absolute Gasteiger partial charge is 0.344 e. The van der Waals surface area contributed by atoms with Crippen molar-refractivity contribution >= 4 is 23.5 Å². The predicted molar refractivity (Wildman–Crippen MR) is 95.7 cm³/mol. The van der Waals surface area contributed by atoms with E-state index in [2.05, 4.69) is 5.32 Å². The molecule has 0 heterocycles. The number of aryl methyl sites for hydroxylation is 2. The van der Waals surface area contributed by atoms with Crippen LogP contribution in [0.15, 0.2) is 42.5 Å². The van der Waals surface area contributed by atoms with E-state index in [1.54, 1.807) is 6.07 Å². The average molecular weight is 362 g/mol. The number of carbonyl (C=O) groups is 2. The number of carbonyl (C=O) groups excluding carboxylic acids is 2. The van der Waals surface area contributed by atoms with Gasteiger partial charge in [-0.05, 0) is 36.6 Å². The number of rotatable bonds is 7. The first-order valence-corrected chi connectivity index (χ1v) is 8.20. The predicted octanol–water partition coefficient (Wildman–Crippen LogP) is 3.20. The largest absolute Gasteiger partial charge is 0.481 e. The van der Waals surface area contributed by atoms with Crippen LogP contribution in [0.3, 0.4) is 0 Å². The van der Waals surface area contributed by atoms with Gasteiger partial charge in [0.2, 0.25) is 0 Å². The van der Waals surface area contributed by atoms with Crippen molar-refractivity contribution in [3.8, 4) is 5.75 Å². The summed E-state index contributed by atoms with van der Waals surface area (Å²) in [5, 5.41) is 3.22. The van der Waals surface area contributed by atoms with Crippen LogP contribution in [0.5, 0.6) is 5.75 Å². The second-order valence-corrected chi connectivity index (χ2v) is 5.95. The lowest BCUT2D eigenvalue weighted by atomic mass is 10.1. The summed E-state index contributed by atoms with van der Waals surface area (Å²) in [6.07, 6.45) is 0. The van der Waals surface area contributed by atoms with Gasteiger partial charge in [0, 0.05) is 11.6 Å². The van der Waals surface area contributed by atoms with Crippen LogP contribution in [-0.2, 0) is 20.9 Å². The molecule has 2 aromatic rings. The van der Waals surface area contributed by atoms with E-state index in [0.29, 0.717) is 10.8 Å². The number of hydrogen-bond acceptors (Lipinski definition) is 4. The Morgan fingerprint density at radius 1 is 1.00 bits per heavy atom. The zero-order valence-corrected chi connectivity index (χ0v) is 14.9. The van der Waals surface area contributed by atoms with Gasteiger partial charge in [-0.15, -0.1) is 0 Å². The Balaban J connectivity index is 1.72. The molecule has 0 aliphatic carbocycles. The number of amides is 1. The molecule has 132 valence electrons. The van der Waals surface area contributed by atoms with Gasteiger partial charge in [0.25, 0.3) is 5.91 Å². The first-order valence-electron chi connectivity index (χ1n) is 7.82. The molecule has 5 nitrogen and oxygen atoms in total. The van der Waals surface area contributed by atoms with E-state index in [1.807, 2.05) is 50.2 Å². The lowest BCUT2D eigenvalue weighted by Gasteiger charge is -2.11. The maximum atomic E-state index is 11.7. The monoisotopic (exact) mass is 361 g/mol. The number of para-hydroxylation sites is 1. The highest BCUT2D eigenvalue weighted by Gasteiger charge is 2.11. The van der Waals surface area contributed by atoms with Crippen LogP contribution < -0.4 is 10.1 Å². The lowest BCUT2D eigenvalue weighted by Crippen LogP contribution is -2.29. The summed E-state index contributed by atoms with van der Waals surface area (Å²) >= 11 is 6.01. The molecule has 1 N–H and O–H groups in total. The van der Waals surface area contributed by atoms with Gasteiger partial charge in [-0.25, -0.2) is 4.79 Å². The summed E-state index contributed by atoms with van der Waals surface area (Å²) in [6, 6.07) is 12.9. The SMILES string of the molecule is Cc1cccc(C)c1OCC(=O)OCC(=O)NCc1ccccc1Cl. The fraction of sp³-hybridized carbons (Fsp3) is 0.263. The summed E-state index contributed by atoms with van der Waals surface area (Å²) in [6.45, 7) is 3.46. The first-order chi connectivity index (χ1) is 12.0. The van der Waals surface area contributed by atoms with E-state index in [1.165, 1.54) is 0 Å². The Morgan fingerprint density at radius 3 is 2.36 bits per heavy atom. The highest BCUT2D eigenvalue weighted by atomic mass is 35.5. The molecule has 6 heteroatoms.